The van der Waals surface area contributed by atoms with Gasteiger partial charge in [0.2, 0.25) is 5.95 Å². The minimum atomic E-state index is -0.157. The Morgan fingerprint density at radius 1 is 0.946 bits per heavy atom. The van der Waals surface area contributed by atoms with Crippen molar-refractivity contribution in [1.29, 1.82) is 0 Å². The second-order valence-corrected chi connectivity index (χ2v) is 10.6. The van der Waals surface area contributed by atoms with Gasteiger partial charge in [-0.2, -0.15) is 5.10 Å². The normalized spacial score (nSPS) is 15.9. The van der Waals surface area contributed by atoms with Crippen LogP contribution in [0.15, 0.2) is 88.8 Å². The zero-order valence-electron chi connectivity index (χ0n) is 20.7. The summed E-state index contributed by atoms with van der Waals surface area (Å²) in [4.78, 5) is 19.5. The Morgan fingerprint density at radius 2 is 1.68 bits per heavy atom. The number of hydrazone groups is 1. The van der Waals surface area contributed by atoms with Crippen molar-refractivity contribution in [3.63, 3.8) is 0 Å². The molecule has 0 unspecified atom stereocenters. The summed E-state index contributed by atoms with van der Waals surface area (Å²) < 4.78 is 1.76. The Bertz CT molecular complexity index is 1500. The third kappa shape index (κ3) is 4.60. The topological polar surface area (TPSA) is 59.3 Å². The largest absolute Gasteiger partial charge is 0.273 e. The molecule has 0 atom stereocenters. The molecule has 3 aromatic carbocycles. The molecule has 4 aromatic rings. The van der Waals surface area contributed by atoms with E-state index >= 15 is 0 Å². The second kappa shape index (κ2) is 9.98. The van der Waals surface area contributed by atoms with Crippen molar-refractivity contribution in [3.8, 4) is 11.3 Å². The second-order valence-electron chi connectivity index (χ2n) is 10.1. The van der Waals surface area contributed by atoms with Gasteiger partial charge in [-0.1, -0.05) is 97.6 Å². The molecular weight excluding hydrogens is 480 g/mol. The maximum Gasteiger partial charge on any atom is 0.259 e. The highest BCUT2D eigenvalue weighted by atomic mass is 35.5. The number of anilines is 1. The molecule has 0 aliphatic heterocycles. The molecule has 1 heterocycles. The van der Waals surface area contributed by atoms with Crippen LogP contribution in [-0.4, -0.2) is 15.8 Å². The summed E-state index contributed by atoms with van der Waals surface area (Å²) in [6, 6.07) is 25.9. The number of hydrogen-bond acceptors (Lipinski definition) is 4. The van der Waals surface area contributed by atoms with Crippen molar-refractivity contribution < 1.29 is 0 Å². The van der Waals surface area contributed by atoms with Crippen molar-refractivity contribution in [3.05, 3.63) is 116 Å². The Kier molecular flexibility index (Phi) is 6.39. The Labute approximate surface area is 221 Å². The number of nitrogens with one attached hydrogen (secondary N) is 1. The number of nitrogens with zero attached hydrogens (tertiary/aromatic N) is 3. The Hall–Kier alpha value is -3.70. The summed E-state index contributed by atoms with van der Waals surface area (Å²) in [6.07, 6.45) is 8.18. The molecular formula is C31H29ClN4O. The molecule has 0 saturated heterocycles. The van der Waals surface area contributed by atoms with Crippen molar-refractivity contribution in [1.82, 2.24) is 9.55 Å². The first-order valence-electron chi connectivity index (χ1n) is 13.0. The van der Waals surface area contributed by atoms with E-state index in [1.165, 1.54) is 12.0 Å². The quantitative estimate of drug-likeness (QED) is 0.238. The molecule has 1 aromatic heterocycles. The first-order chi connectivity index (χ1) is 18.1. The van der Waals surface area contributed by atoms with Gasteiger partial charge in [-0.3, -0.25) is 9.36 Å². The fourth-order valence-corrected chi connectivity index (χ4v) is 6.08. The summed E-state index contributed by atoms with van der Waals surface area (Å²) in [5, 5.41) is 5.13. The van der Waals surface area contributed by atoms with E-state index in [4.69, 9.17) is 16.6 Å². The molecule has 37 heavy (non-hydrogen) atoms. The van der Waals surface area contributed by atoms with E-state index in [1.807, 2.05) is 60.7 Å². The van der Waals surface area contributed by atoms with Gasteiger partial charge in [0.15, 0.2) is 0 Å². The monoisotopic (exact) mass is 508 g/mol. The minimum absolute atomic E-state index is 0.0365. The predicted octanol–water partition coefficient (Wildman–Crippen LogP) is 6.82. The third-order valence-electron chi connectivity index (χ3n) is 7.74. The smallest absolute Gasteiger partial charge is 0.259 e. The highest BCUT2D eigenvalue weighted by molar-refractivity contribution is 6.30. The molecule has 0 bridgehead atoms. The first-order valence-corrected chi connectivity index (χ1v) is 13.3. The van der Waals surface area contributed by atoms with Crippen molar-refractivity contribution in [2.24, 2.45) is 5.10 Å². The van der Waals surface area contributed by atoms with E-state index < -0.39 is 0 Å². The van der Waals surface area contributed by atoms with Crippen LogP contribution in [0.1, 0.15) is 54.4 Å². The number of benzene rings is 3. The minimum Gasteiger partial charge on any atom is -0.273 e. The molecule has 6 heteroatoms. The molecule has 1 N–H and O–H groups in total. The maximum atomic E-state index is 14.4. The van der Waals surface area contributed by atoms with Gasteiger partial charge >= 0.3 is 0 Å². The van der Waals surface area contributed by atoms with Crippen LogP contribution in [0, 0.1) is 0 Å². The van der Waals surface area contributed by atoms with Crippen molar-refractivity contribution in [2.45, 2.75) is 50.5 Å². The zero-order chi connectivity index (χ0) is 25.2. The molecule has 1 spiro atoms. The van der Waals surface area contributed by atoms with Crippen LogP contribution in [0.4, 0.5) is 5.95 Å². The van der Waals surface area contributed by atoms with Crippen molar-refractivity contribution >= 4 is 23.8 Å². The van der Waals surface area contributed by atoms with Crippen LogP contribution in [0.3, 0.4) is 0 Å². The molecule has 5 nitrogen and oxygen atoms in total. The lowest BCUT2D eigenvalue weighted by Crippen LogP contribution is -2.43. The van der Waals surface area contributed by atoms with Crippen LogP contribution >= 0.6 is 11.6 Å². The van der Waals surface area contributed by atoms with Crippen LogP contribution in [0.2, 0.25) is 5.02 Å². The van der Waals surface area contributed by atoms with Crippen molar-refractivity contribution in [2.75, 3.05) is 5.43 Å². The van der Waals surface area contributed by atoms with Gasteiger partial charge in [-0.15, -0.1) is 0 Å². The third-order valence-corrected chi connectivity index (χ3v) is 8.00. The standard InChI is InChI=1S/C31H29ClN4O/c32-25-15-13-22(14-16-25)20-33-35-30-34-28-26-12-6-5-11-24(26)19-31(17-7-2-8-18-31)27(28)29(37)36(30)21-23-9-3-1-4-10-23/h1,3-6,9-16,20H,2,7-8,17-19,21H2,(H,34,35). The average molecular weight is 509 g/mol. The predicted molar refractivity (Wildman–Crippen MR) is 151 cm³/mol. The molecule has 1 fully saturated rings. The molecule has 186 valence electrons. The van der Waals surface area contributed by atoms with Gasteiger partial charge in [0.1, 0.15) is 0 Å². The maximum absolute atomic E-state index is 14.4. The highest BCUT2D eigenvalue weighted by Gasteiger charge is 2.43. The summed E-state index contributed by atoms with van der Waals surface area (Å²) >= 11 is 6.02. The number of fused-ring (bicyclic) bond motifs is 4. The van der Waals surface area contributed by atoms with Gasteiger partial charge < -0.3 is 0 Å². The average Bonchev–Trinajstić information content (AvgIpc) is 2.92. The Morgan fingerprint density at radius 3 is 2.46 bits per heavy atom. The fraction of sp³-hybridized carbons (Fsp3) is 0.258. The number of halogens is 1. The van der Waals surface area contributed by atoms with Gasteiger partial charge in [0.25, 0.3) is 5.56 Å². The molecule has 0 amide bonds. The molecule has 2 aliphatic carbocycles. The molecule has 2 aliphatic rings. The van der Waals surface area contributed by atoms with E-state index in [-0.39, 0.29) is 11.0 Å². The van der Waals surface area contributed by atoms with E-state index in [0.717, 1.165) is 60.1 Å². The fourth-order valence-electron chi connectivity index (χ4n) is 5.95. The zero-order valence-corrected chi connectivity index (χ0v) is 21.4. The van der Waals surface area contributed by atoms with Gasteiger partial charge in [-0.25, -0.2) is 10.4 Å². The lowest BCUT2D eigenvalue weighted by molar-refractivity contribution is 0.283. The van der Waals surface area contributed by atoms with Gasteiger partial charge in [0.05, 0.1) is 24.0 Å². The Balaban J connectivity index is 1.50. The van der Waals surface area contributed by atoms with Gasteiger partial charge in [-0.05, 0) is 48.1 Å². The van der Waals surface area contributed by atoms with Gasteiger partial charge in [0, 0.05) is 16.0 Å². The molecule has 1 saturated carbocycles. The lowest BCUT2D eigenvalue weighted by Gasteiger charge is -2.42. The summed E-state index contributed by atoms with van der Waals surface area (Å²) in [5.41, 5.74) is 8.95. The van der Waals surface area contributed by atoms with E-state index in [2.05, 4.69) is 28.7 Å². The number of rotatable bonds is 5. The van der Waals surface area contributed by atoms with E-state index in [0.29, 0.717) is 17.5 Å². The number of hydrogen-bond donors (Lipinski definition) is 1. The SMILES string of the molecule is O=c1c2c(nc(NN=Cc3ccc(Cl)cc3)n1Cc1ccccc1)-c1ccccc1CC21CCCCC1. The first kappa shape index (κ1) is 23.7. The number of aromatic nitrogens is 2. The summed E-state index contributed by atoms with van der Waals surface area (Å²) in [6.45, 7) is 0.427. The van der Waals surface area contributed by atoms with Crippen LogP contribution in [0.5, 0.6) is 0 Å². The van der Waals surface area contributed by atoms with E-state index in [9.17, 15) is 4.79 Å². The lowest BCUT2D eigenvalue weighted by atomic mass is 9.62. The summed E-state index contributed by atoms with van der Waals surface area (Å²) in [7, 11) is 0. The van der Waals surface area contributed by atoms with Crippen LogP contribution < -0.4 is 11.0 Å². The molecule has 6 rings (SSSR count). The summed E-state index contributed by atoms with van der Waals surface area (Å²) in [5.74, 6) is 0.445. The highest BCUT2D eigenvalue weighted by Crippen LogP contribution is 2.48. The molecule has 0 radical (unpaired) electrons. The van der Waals surface area contributed by atoms with Crippen LogP contribution in [-0.2, 0) is 18.4 Å². The van der Waals surface area contributed by atoms with Crippen LogP contribution in [0.25, 0.3) is 11.3 Å². The van der Waals surface area contributed by atoms with E-state index in [1.54, 1.807) is 10.8 Å².